The van der Waals surface area contributed by atoms with Crippen LogP contribution in [-0.2, 0) is 9.47 Å². The highest BCUT2D eigenvalue weighted by Crippen LogP contribution is 2.32. The second-order valence-corrected chi connectivity index (χ2v) is 6.28. The molecule has 126 valence electrons. The van der Waals surface area contributed by atoms with Crippen molar-refractivity contribution in [3.05, 3.63) is 30.1 Å². The van der Waals surface area contributed by atoms with Crippen LogP contribution in [0.5, 0.6) is 0 Å². The lowest BCUT2D eigenvalue weighted by molar-refractivity contribution is -0.187. The van der Waals surface area contributed by atoms with Gasteiger partial charge in [0.05, 0.1) is 18.8 Å². The van der Waals surface area contributed by atoms with Gasteiger partial charge in [-0.2, -0.15) is 0 Å². The summed E-state index contributed by atoms with van der Waals surface area (Å²) < 4.78 is 11.5. The molecule has 0 aliphatic carbocycles. The minimum atomic E-state index is -0.315. The van der Waals surface area contributed by atoms with Gasteiger partial charge in [-0.15, -0.1) is 0 Å². The van der Waals surface area contributed by atoms with Crippen molar-refractivity contribution in [2.45, 2.75) is 38.0 Å². The van der Waals surface area contributed by atoms with Crippen LogP contribution >= 0.6 is 0 Å². The van der Waals surface area contributed by atoms with E-state index in [2.05, 4.69) is 22.1 Å². The van der Waals surface area contributed by atoms with E-state index in [9.17, 15) is 4.79 Å². The molecule has 2 aliphatic heterocycles. The normalized spacial score (nSPS) is 22.1. The van der Waals surface area contributed by atoms with E-state index in [1.54, 1.807) is 24.5 Å². The molecule has 0 radical (unpaired) electrons. The first-order valence-electron chi connectivity index (χ1n) is 8.39. The number of likely N-dealkylation sites (tertiary alicyclic amines) is 1. The largest absolute Gasteiger partial charge is 0.352 e. The van der Waals surface area contributed by atoms with Crippen LogP contribution in [-0.4, -0.2) is 60.5 Å². The molecule has 3 heterocycles. The molecule has 1 spiro atoms. The number of aromatic nitrogens is 1. The summed E-state index contributed by atoms with van der Waals surface area (Å²) in [6.45, 7) is 6.29. The molecule has 1 unspecified atom stereocenters. The molecule has 2 aliphatic rings. The molecular weight excluding hydrogens is 294 g/mol. The predicted molar refractivity (Wildman–Crippen MR) is 86.1 cm³/mol. The monoisotopic (exact) mass is 319 g/mol. The van der Waals surface area contributed by atoms with Gasteiger partial charge in [-0.05, 0) is 25.5 Å². The lowest BCUT2D eigenvalue weighted by atomic mass is 10.0. The Morgan fingerprint density at radius 1 is 1.39 bits per heavy atom. The zero-order valence-electron chi connectivity index (χ0n) is 13.7. The Morgan fingerprint density at radius 2 is 2.13 bits per heavy atom. The number of rotatable bonds is 5. The fraction of sp³-hybridized carbons (Fsp3) is 0.647. The van der Waals surface area contributed by atoms with Gasteiger partial charge in [-0.25, -0.2) is 0 Å². The zero-order chi connectivity index (χ0) is 16.1. The van der Waals surface area contributed by atoms with Crippen molar-refractivity contribution in [3.63, 3.8) is 0 Å². The molecule has 0 bridgehead atoms. The third kappa shape index (κ3) is 4.07. The van der Waals surface area contributed by atoms with Crippen LogP contribution in [0.3, 0.4) is 0 Å². The van der Waals surface area contributed by atoms with Crippen molar-refractivity contribution in [3.8, 4) is 0 Å². The SMILES string of the molecule is CC(CCNC(=O)c1cccnc1)N1CCC2(CC1)OCCO2. The molecular formula is C17H25N3O3. The van der Waals surface area contributed by atoms with E-state index in [4.69, 9.17) is 9.47 Å². The minimum absolute atomic E-state index is 0.0596. The van der Waals surface area contributed by atoms with Gasteiger partial charge in [0.15, 0.2) is 5.79 Å². The average Bonchev–Trinajstić information content (AvgIpc) is 3.04. The molecule has 1 aromatic rings. The lowest BCUT2D eigenvalue weighted by Crippen LogP contribution is -2.48. The Balaban J connectivity index is 1.38. The fourth-order valence-corrected chi connectivity index (χ4v) is 3.27. The molecule has 2 fully saturated rings. The molecule has 1 aromatic heterocycles. The van der Waals surface area contributed by atoms with Crippen LogP contribution in [0.15, 0.2) is 24.5 Å². The van der Waals surface area contributed by atoms with Gasteiger partial charge in [0, 0.05) is 50.9 Å². The topological polar surface area (TPSA) is 63.7 Å². The van der Waals surface area contributed by atoms with Crippen LogP contribution < -0.4 is 5.32 Å². The quantitative estimate of drug-likeness (QED) is 0.889. The number of nitrogens with zero attached hydrogens (tertiary/aromatic N) is 2. The summed E-state index contributed by atoms with van der Waals surface area (Å²) in [4.78, 5) is 18.4. The summed E-state index contributed by atoms with van der Waals surface area (Å²) in [5.41, 5.74) is 0.607. The van der Waals surface area contributed by atoms with E-state index in [0.29, 0.717) is 18.2 Å². The number of ether oxygens (including phenoxy) is 2. The molecule has 1 amide bonds. The Morgan fingerprint density at radius 3 is 2.78 bits per heavy atom. The molecule has 0 saturated carbocycles. The van der Waals surface area contributed by atoms with E-state index in [1.165, 1.54) is 0 Å². The Bertz CT molecular complexity index is 507. The van der Waals surface area contributed by atoms with E-state index < -0.39 is 0 Å². The van der Waals surface area contributed by atoms with Crippen molar-refractivity contribution in [1.82, 2.24) is 15.2 Å². The van der Waals surface area contributed by atoms with Gasteiger partial charge in [-0.3, -0.25) is 9.78 Å². The highest BCUT2D eigenvalue weighted by Gasteiger charge is 2.40. The second kappa shape index (κ2) is 7.38. The van der Waals surface area contributed by atoms with Crippen molar-refractivity contribution >= 4 is 5.91 Å². The summed E-state index contributed by atoms with van der Waals surface area (Å²) in [6.07, 6.45) is 6.05. The third-order valence-corrected chi connectivity index (χ3v) is 4.77. The molecule has 1 atom stereocenters. The number of piperidine rings is 1. The number of nitrogens with one attached hydrogen (secondary N) is 1. The first kappa shape index (κ1) is 16.4. The van der Waals surface area contributed by atoms with Crippen LogP contribution in [0, 0.1) is 0 Å². The third-order valence-electron chi connectivity index (χ3n) is 4.77. The number of carbonyl (C=O) groups is 1. The Kier molecular flexibility index (Phi) is 5.25. The molecule has 0 aromatic carbocycles. The summed E-state index contributed by atoms with van der Waals surface area (Å²) in [5.74, 6) is -0.374. The van der Waals surface area contributed by atoms with Crippen molar-refractivity contribution < 1.29 is 14.3 Å². The van der Waals surface area contributed by atoms with Gasteiger partial charge in [-0.1, -0.05) is 0 Å². The maximum Gasteiger partial charge on any atom is 0.252 e. The van der Waals surface area contributed by atoms with E-state index in [0.717, 1.165) is 45.6 Å². The van der Waals surface area contributed by atoms with Gasteiger partial charge in [0.25, 0.3) is 5.91 Å². The first-order chi connectivity index (χ1) is 11.2. The van der Waals surface area contributed by atoms with Crippen molar-refractivity contribution in [2.75, 3.05) is 32.8 Å². The van der Waals surface area contributed by atoms with Crippen LogP contribution in [0.25, 0.3) is 0 Å². The number of pyridine rings is 1. The minimum Gasteiger partial charge on any atom is -0.352 e. The van der Waals surface area contributed by atoms with Crippen LogP contribution in [0.1, 0.15) is 36.5 Å². The highest BCUT2D eigenvalue weighted by molar-refractivity contribution is 5.93. The fourth-order valence-electron chi connectivity index (χ4n) is 3.27. The van der Waals surface area contributed by atoms with Crippen molar-refractivity contribution in [2.24, 2.45) is 0 Å². The van der Waals surface area contributed by atoms with E-state index in [-0.39, 0.29) is 11.7 Å². The molecule has 23 heavy (non-hydrogen) atoms. The number of hydrogen-bond acceptors (Lipinski definition) is 5. The molecule has 6 nitrogen and oxygen atoms in total. The smallest absolute Gasteiger partial charge is 0.252 e. The van der Waals surface area contributed by atoms with Crippen LogP contribution in [0.4, 0.5) is 0 Å². The standard InChI is InChI=1S/C17H25N3O3/c1-14(4-8-19-16(21)15-3-2-7-18-13-15)20-9-5-17(6-10-20)22-11-12-23-17/h2-3,7,13-14H,4-6,8-12H2,1H3,(H,19,21). The van der Waals surface area contributed by atoms with Gasteiger partial charge in [0.1, 0.15) is 0 Å². The summed E-state index contributed by atoms with van der Waals surface area (Å²) >= 11 is 0. The number of amides is 1. The first-order valence-corrected chi connectivity index (χ1v) is 8.39. The van der Waals surface area contributed by atoms with Crippen LogP contribution in [0.2, 0.25) is 0 Å². The van der Waals surface area contributed by atoms with Crippen molar-refractivity contribution in [1.29, 1.82) is 0 Å². The van der Waals surface area contributed by atoms with Gasteiger partial charge in [0.2, 0.25) is 0 Å². The maximum atomic E-state index is 12.0. The Hall–Kier alpha value is -1.50. The summed E-state index contributed by atoms with van der Waals surface area (Å²) in [7, 11) is 0. The van der Waals surface area contributed by atoms with E-state index in [1.807, 2.05) is 0 Å². The zero-order valence-corrected chi connectivity index (χ0v) is 13.7. The highest BCUT2D eigenvalue weighted by atomic mass is 16.7. The average molecular weight is 319 g/mol. The molecule has 1 N–H and O–H groups in total. The maximum absolute atomic E-state index is 12.0. The molecule has 3 rings (SSSR count). The van der Waals surface area contributed by atoms with Gasteiger partial charge >= 0.3 is 0 Å². The predicted octanol–water partition coefficient (Wildman–Crippen LogP) is 1.43. The van der Waals surface area contributed by atoms with Gasteiger partial charge < -0.3 is 19.7 Å². The lowest BCUT2D eigenvalue weighted by Gasteiger charge is -2.40. The molecule has 2 saturated heterocycles. The molecule has 6 heteroatoms. The second-order valence-electron chi connectivity index (χ2n) is 6.28. The summed E-state index contributed by atoms with van der Waals surface area (Å²) in [6, 6.07) is 3.98. The van der Waals surface area contributed by atoms with E-state index >= 15 is 0 Å². The summed E-state index contributed by atoms with van der Waals surface area (Å²) in [5, 5.41) is 2.96. The number of hydrogen-bond donors (Lipinski definition) is 1. The Labute approximate surface area is 137 Å². The number of carbonyl (C=O) groups excluding carboxylic acids is 1.